The molecule has 0 amide bonds. The van der Waals surface area contributed by atoms with E-state index in [4.69, 9.17) is 4.74 Å². The van der Waals surface area contributed by atoms with Gasteiger partial charge in [-0.25, -0.2) is 0 Å². The Labute approximate surface area is 98.4 Å². The molecule has 2 rings (SSSR count). The largest absolute Gasteiger partial charge is 0.379 e. The molecule has 0 aromatic rings. The van der Waals surface area contributed by atoms with Gasteiger partial charge in [-0.3, -0.25) is 4.90 Å². The number of nitrogens with zero attached hydrogens (tertiary/aromatic N) is 1. The monoisotopic (exact) mass is 242 g/mol. The summed E-state index contributed by atoms with van der Waals surface area (Å²) in [4.78, 5) is 2.57. The van der Waals surface area contributed by atoms with Gasteiger partial charge in [-0.1, -0.05) is 0 Å². The first kappa shape index (κ1) is 14.5. The lowest BCUT2D eigenvalue weighted by Gasteiger charge is -2.36. The molecule has 0 radical (unpaired) electrons. The maximum atomic E-state index is 5.33. The van der Waals surface area contributed by atoms with E-state index in [0.717, 1.165) is 32.3 Å². The minimum atomic E-state index is 0. The smallest absolute Gasteiger partial charge is 0.0594 e. The number of morpholine rings is 1. The molecular weight excluding hydrogens is 223 g/mol. The van der Waals surface area contributed by atoms with Crippen molar-refractivity contribution < 1.29 is 4.74 Å². The zero-order valence-electron chi connectivity index (χ0n) is 8.41. The maximum Gasteiger partial charge on any atom is 0.0594 e. The van der Waals surface area contributed by atoms with Gasteiger partial charge in [0, 0.05) is 25.7 Å². The van der Waals surface area contributed by atoms with E-state index in [1.54, 1.807) is 0 Å². The van der Waals surface area contributed by atoms with Crippen LogP contribution in [0.25, 0.3) is 0 Å². The van der Waals surface area contributed by atoms with E-state index in [9.17, 15) is 0 Å². The fourth-order valence-electron chi connectivity index (χ4n) is 2.09. The molecular formula is C9H20Cl2N2O. The van der Waals surface area contributed by atoms with E-state index in [1.165, 1.54) is 25.9 Å². The minimum Gasteiger partial charge on any atom is -0.379 e. The molecule has 1 unspecified atom stereocenters. The Bertz CT molecular complexity index is 121. The van der Waals surface area contributed by atoms with Crippen LogP contribution in [0.1, 0.15) is 12.8 Å². The Hall–Kier alpha value is 0.460. The zero-order valence-corrected chi connectivity index (χ0v) is 10.0. The molecule has 0 saturated carbocycles. The second kappa shape index (κ2) is 7.71. The van der Waals surface area contributed by atoms with Crippen LogP contribution in [0.2, 0.25) is 0 Å². The minimum absolute atomic E-state index is 0. The molecule has 86 valence electrons. The Kier molecular flexibility index (Phi) is 7.97. The topological polar surface area (TPSA) is 24.5 Å². The van der Waals surface area contributed by atoms with Crippen molar-refractivity contribution in [2.45, 2.75) is 18.9 Å². The van der Waals surface area contributed by atoms with Gasteiger partial charge in [-0.05, 0) is 19.4 Å². The van der Waals surface area contributed by atoms with Crippen molar-refractivity contribution in [2.75, 3.05) is 39.4 Å². The summed E-state index contributed by atoms with van der Waals surface area (Å²) in [6.45, 7) is 6.51. The molecule has 2 fully saturated rings. The Morgan fingerprint density at radius 3 is 2.43 bits per heavy atom. The van der Waals surface area contributed by atoms with Crippen LogP contribution in [0.3, 0.4) is 0 Å². The van der Waals surface area contributed by atoms with E-state index in [-0.39, 0.29) is 24.8 Å². The highest BCUT2D eigenvalue weighted by Crippen LogP contribution is 2.11. The van der Waals surface area contributed by atoms with Gasteiger partial charge in [0.25, 0.3) is 0 Å². The van der Waals surface area contributed by atoms with Gasteiger partial charge in [0.15, 0.2) is 0 Å². The van der Waals surface area contributed by atoms with Crippen molar-refractivity contribution in [1.82, 2.24) is 10.2 Å². The van der Waals surface area contributed by atoms with Crippen LogP contribution in [0.5, 0.6) is 0 Å². The predicted octanol–water partition coefficient (Wildman–Crippen LogP) is 0.914. The molecule has 2 aliphatic heterocycles. The maximum absolute atomic E-state index is 5.33. The van der Waals surface area contributed by atoms with Crippen molar-refractivity contribution in [3.63, 3.8) is 0 Å². The van der Waals surface area contributed by atoms with E-state index >= 15 is 0 Å². The fourth-order valence-corrected chi connectivity index (χ4v) is 2.09. The Morgan fingerprint density at radius 2 is 1.86 bits per heavy atom. The highest BCUT2D eigenvalue weighted by molar-refractivity contribution is 5.85. The number of piperidine rings is 1. The lowest BCUT2D eigenvalue weighted by molar-refractivity contribution is 0.0116. The molecule has 1 atom stereocenters. The second-order valence-corrected chi connectivity index (χ2v) is 3.65. The highest BCUT2D eigenvalue weighted by atomic mass is 35.5. The second-order valence-electron chi connectivity index (χ2n) is 3.65. The van der Waals surface area contributed by atoms with Crippen LogP contribution in [0.4, 0.5) is 0 Å². The molecule has 3 nitrogen and oxygen atoms in total. The van der Waals surface area contributed by atoms with Crippen LogP contribution in [-0.4, -0.2) is 50.3 Å². The average Bonchev–Trinajstić information content (AvgIpc) is 2.21. The van der Waals surface area contributed by atoms with Crippen molar-refractivity contribution in [3.8, 4) is 0 Å². The van der Waals surface area contributed by atoms with Crippen molar-refractivity contribution in [1.29, 1.82) is 0 Å². The van der Waals surface area contributed by atoms with Crippen LogP contribution in [0, 0.1) is 0 Å². The summed E-state index contributed by atoms with van der Waals surface area (Å²) in [5.41, 5.74) is 0. The summed E-state index contributed by atoms with van der Waals surface area (Å²) in [6.07, 6.45) is 2.70. The van der Waals surface area contributed by atoms with Gasteiger partial charge >= 0.3 is 0 Å². The number of rotatable bonds is 1. The first-order chi connectivity index (χ1) is 5.97. The van der Waals surface area contributed by atoms with Gasteiger partial charge in [0.05, 0.1) is 13.2 Å². The molecule has 0 aliphatic carbocycles. The molecule has 0 spiro atoms. The van der Waals surface area contributed by atoms with E-state index < -0.39 is 0 Å². The highest BCUT2D eigenvalue weighted by Gasteiger charge is 2.21. The lowest BCUT2D eigenvalue weighted by atomic mass is 10.1. The van der Waals surface area contributed by atoms with Gasteiger partial charge < -0.3 is 10.1 Å². The van der Waals surface area contributed by atoms with E-state index in [0.29, 0.717) is 0 Å². The zero-order chi connectivity index (χ0) is 8.23. The van der Waals surface area contributed by atoms with Crippen LogP contribution in [-0.2, 0) is 4.74 Å². The third-order valence-corrected chi connectivity index (χ3v) is 2.83. The number of ether oxygens (including phenoxy) is 1. The molecule has 0 aromatic carbocycles. The van der Waals surface area contributed by atoms with Crippen LogP contribution < -0.4 is 5.32 Å². The van der Waals surface area contributed by atoms with Crippen molar-refractivity contribution in [2.24, 2.45) is 0 Å². The molecule has 1 N–H and O–H groups in total. The first-order valence-corrected chi connectivity index (χ1v) is 4.99. The first-order valence-electron chi connectivity index (χ1n) is 4.99. The van der Waals surface area contributed by atoms with Gasteiger partial charge in [-0.2, -0.15) is 0 Å². The standard InChI is InChI=1S/C9H18N2O.2ClH/c1-2-9(8-10-3-1)11-4-6-12-7-5-11;;/h9-10H,1-8H2;2*1H. The third-order valence-electron chi connectivity index (χ3n) is 2.83. The summed E-state index contributed by atoms with van der Waals surface area (Å²) >= 11 is 0. The molecule has 0 bridgehead atoms. The summed E-state index contributed by atoms with van der Waals surface area (Å²) in [5, 5.41) is 3.45. The molecule has 2 heterocycles. The molecule has 5 heteroatoms. The summed E-state index contributed by atoms with van der Waals surface area (Å²) < 4.78 is 5.33. The van der Waals surface area contributed by atoms with Gasteiger partial charge in [0.2, 0.25) is 0 Å². The fraction of sp³-hybridized carbons (Fsp3) is 1.00. The Morgan fingerprint density at radius 1 is 1.14 bits per heavy atom. The Balaban J connectivity index is 0.000000845. The summed E-state index contributed by atoms with van der Waals surface area (Å²) in [7, 11) is 0. The van der Waals surface area contributed by atoms with E-state index in [1.807, 2.05) is 0 Å². The quantitative estimate of drug-likeness (QED) is 0.741. The van der Waals surface area contributed by atoms with Crippen LogP contribution in [0.15, 0.2) is 0 Å². The number of hydrogen-bond acceptors (Lipinski definition) is 3. The number of hydrogen-bond donors (Lipinski definition) is 1. The molecule has 2 saturated heterocycles. The molecule has 2 aliphatic rings. The normalized spacial score (nSPS) is 28.7. The van der Waals surface area contributed by atoms with Crippen molar-refractivity contribution in [3.05, 3.63) is 0 Å². The third kappa shape index (κ3) is 3.91. The lowest BCUT2D eigenvalue weighted by Crippen LogP contribution is -2.50. The van der Waals surface area contributed by atoms with Gasteiger partial charge in [-0.15, -0.1) is 24.8 Å². The van der Waals surface area contributed by atoms with Crippen LogP contribution >= 0.6 is 24.8 Å². The SMILES string of the molecule is C1CNCC(N2CCOCC2)C1.Cl.Cl. The van der Waals surface area contributed by atoms with Crippen molar-refractivity contribution >= 4 is 24.8 Å². The average molecular weight is 243 g/mol. The van der Waals surface area contributed by atoms with E-state index in [2.05, 4.69) is 10.2 Å². The summed E-state index contributed by atoms with van der Waals surface area (Å²) in [5.74, 6) is 0. The molecule has 14 heavy (non-hydrogen) atoms. The predicted molar refractivity (Wildman–Crippen MR) is 62.8 cm³/mol. The molecule has 0 aromatic heterocycles. The number of nitrogens with one attached hydrogen (secondary N) is 1. The summed E-state index contributed by atoms with van der Waals surface area (Å²) in [6, 6.07) is 0.780. The van der Waals surface area contributed by atoms with Gasteiger partial charge in [0.1, 0.15) is 0 Å². The number of halogens is 2.